The normalized spacial score (nSPS) is 17.5. The van der Waals surface area contributed by atoms with E-state index >= 15 is 0 Å². The summed E-state index contributed by atoms with van der Waals surface area (Å²) in [5.41, 5.74) is 0. The number of hydrogen-bond donors (Lipinski definition) is 0. The third-order valence-electron chi connectivity index (χ3n) is 4.07. The third-order valence-corrected chi connectivity index (χ3v) is 5.90. The molecule has 0 spiro atoms. The Morgan fingerprint density at radius 2 is 2.12 bits per heavy atom. The zero-order chi connectivity index (χ0) is 16.5. The second-order valence-electron chi connectivity index (χ2n) is 5.57. The Labute approximate surface area is 146 Å². The molecule has 1 unspecified atom stereocenters. The van der Waals surface area contributed by atoms with Crippen LogP contribution in [0.4, 0.5) is 0 Å². The first-order chi connectivity index (χ1) is 11.7. The second kappa shape index (κ2) is 6.37. The summed E-state index contributed by atoms with van der Waals surface area (Å²) in [4.78, 5) is 28.4. The van der Waals surface area contributed by atoms with Crippen molar-refractivity contribution in [2.75, 3.05) is 6.54 Å². The van der Waals surface area contributed by atoms with Gasteiger partial charge in [0, 0.05) is 11.4 Å². The Morgan fingerprint density at radius 1 is 1.29 bits per heavy atom. The van der Waals surface area contributed by atoms with Gasteiger partial charge in [0.25, 0.3) is 5.89 Å². The van der Waals surface area contributed by atoms with Gasteiger partial charge in [-0.2, -0.15) is 4.68 Å². The largest absolute Gasteiger partial charge is 0.437 e. The number of hydrogen-bond acceptors (Lipinski definition) is 6. The van der Waals surface area contributed by atoms with Gasteiger partial charge in [0.05, 0.1) is 10.9 Å². The average molecular weight is 361 g/mol. The van der Waals surface area contributed by atoms with Crippen LogP contribution in [0.15, 0.2) is 44.2 Å². The summed E-state index contributed by atoms with van der Waals surface area (Å²) in [5.74, 6) is -0.434. The van der Waals surface area contributed by atoms with Crippen LogP contribution >= 0.6 is 22.7 Å². The molecule has 0 radical (unpaired) electrons. The topological polar surface area (TPSA) is 68.3 Å². The molecule has 1 atom stereocenters. The van der Waals surface area contributed by atoms with E-state index in [1.165, 1.54) is 16.2 Å². The molecule has 124 valence electrons. The molecule has 1 aliphatic heterocycles. The lowest BCUT2D eigenvalue weighted by atomic mass is 10.2. The van der Waals surface area contributed by atoms with Gasteiger partial charge >= 0.3 is 5.76 Å². The Hall–Kier alpha value is -2.19. The van der Waals surface area contributed by atoms with Crippen molar-refractivity contribution >= 4 is 28.6 Å². The van der Waals surface area contributed by atoms with Gasteiger partial charge in [0.15, 0.2) is 0 Å². The van der Waals surface area contributed by atoms with E-state index in [2.05, 4.69) is 11.2 Å². The van der Waals surface area contributed by atoms with E-state index in [-0.39, 0.29) is 24.4 Å². The molecule has 1 fully saturated rings. The van der Waals surface area contributed by atoms with Crippen LogP contribution in [0.1, 0.15) is 23.8 Å². The number of thiophene rings is 2. The molecule has 4 rings (SSSR count). The minimum Gasteiger partial charge on any atom is -0.387 e. The third kappa shape index (κ3) is 2.83. The van der Waals surface area contributed by atoms with E-state index in [0.717, 1.165) is 22.4 Å². The van der Waals surface area contributed by atoms with Crippen molar-refractivity contribution in [1.29, 1.82) is 0 Å². The van der Waals surface area contributed by atoms with Crippen molar-refractivity contribution in [3.63, 3.8) is 0 Å². The molecule has 0 saturated carbocycles. The second-order valence-corrected chi connectivity index (χ2v) is 7.50. The maximum absolute atomic E-state index is 12.7. The smallest absolute Gasteiger partial charge is 0.387 e. The summed E-state index contributed by atoms with van der Waals surface area (Å²) >= 11 is 3.10. The fraction of sp³-hybridized carbons (Fsp3) is 0.312. The first kappa shape index (κ1) is 15.3. The van der Waals surface area contributed by atoms with Crippen molar-refractivity contribution < 1.29 is 9.21 Å². The van der Waals surface area contributed by atoms with Crippen LogP contribution in [-0.2, 0) is 11.3 Å². The Balaban J connectivity index is 1.53. The van der Waals surface area contributed by atoms with Crippen LogP contribution in [0.25, 0.3) is 10.8 Å². The van der Waals surface area contributed by atoms with Gasteiger partial charge in [-0.1, -0.05) is 12.1 Å². The van der Waals surface area contributed by atoms with Gasteiger partial charge in [-0.05, 0) is 35.7 Å². The summed E-state index contributed by atoms with van der Waals surface area (Å²) in [6.45, 7) is 0.626. The minimum absolute atomic E-state index is 0.0877. The van der Waals surface area contributed by atoms with Crippen molar-refractivity contribution in [1.82, 2.24) is 14.7 Å². The zero-order valence-corrected chi connectivity index (χ0v) is 14.4. The fourth-order valence-corrected chi connectivity index (χ4v) is 4.48. The van der Waals surface area contributed by atoms with Crippen molar-refractivity contribution in [2.45, 2.75) is 25.4 Å². The Kier molecular flexibility index (Phi) is 4.07. The fourth-order valence-electron chi connectivity index (χ4n) is 2.97. The monoisotopic (exact) mass is 361 g/mol. The number of likely N-dealkylation sites (tertiary alicyclic amines) is 1. The molecule has 1 saturated heterocycles. The number of nitrogens with zero attached hydrogens (tertiary/aromatic N) is 3. The summed E-state index contributed by atoms with van der Waals surface area (Å²) < 4.78 is 6.27. The zero-order valence-electron chi connectivity index (χ0n) is 12.8. The first-order valence-electron chi connectivity index (χ1n) is 7.67. The van der Waals surface area contributed by atoms with Gasteiger partial charge < -0.3 is 9.32 Å². The predicted octanol–water partition coefficient (Wildman–Crippen LogP) is 2.99. The van der Waals surface area contributed by atoms with E-state index in [4.69, 9.17) is 4.42 Å². The van der Waals surface area contributed by atoms with Gasteiger partial charge in [0.2, 0.25) is 5.91 Å². The van der Waals surface area contributed by atoms with E-state index < -0.39 is 5.76 Å². The molecule has 3 aromatic heterocycles. The SMILES string of the molecule is O=C(Cn1nc(-c2cccs2)oc1=O)N1CCCC1c1cccs1. The lowest BCUT2D eigenvalue weighted by Crippen LogP contribution is -2.35. The molecular weight excluding hydrogens is 346 g/mol. The maximum Gasteiger partial charge on any atom is 0.437 e. The Morgan fingerprint density at radius 3 is 2.88 bits per heavy atom. The van der Waals surface area contributed by atoms with Gasteiger partial charge in [-0.25, -0.2) is 4.79 Å². The number of aromatic nitrogens is 2. The van der Waals surface area contributed by atoms with E-state index in [9.17, 15) is 9.59 Å². The molecule has 0 aromatic carbocycles. The van der Waals surface area contributed by atoms with E-state index in [0.29, 0.717) is 6.54 Å². The standard InChI is InChI=1S/C16H15N3O3S2/c20-14(18-7-1-4-11(18)12-5-2-8-23-12)10-19-16(21)22-15(17-19)13-6-3-9-24-13/h2-3,5-6,8-9,11H,1,4,7,10H2. The number of amides is 1. The van der Waals surface area contributed by atoms with E-state index in [1.54, 1.807) is 11.3 Å². The van der Waals surface area contributed by atoms with Crippen LogP contribution in [-0.4, -0.2) is 27.1 Å². The summed E-state index contributed by atoms with van der Waals surface area (Å²) in [7, 11) is 0. The first-order valence-corrected chi connectivity index (χ1v) is 9.43. The van der Waals surface area contributed by atoms with Crippen molar-refractivity contribution in [3.05, 3.63) is 50.5 Å². The molecule has 0 aliphatic carbocycles. The molecular formula is C16H15N3O3S2. The van der Waals surface area contributed by atoms with Crippen LogP contribution in [0.3, 0.4) is 0 Å². The quantitative estimate of drug-likeness (QED) is 0.716. The highest BCUT2D eigenvalue weighted by molar-refractivity contribution is 7.13. The van der Waals surface area contributed by atoms with Crippen LogP contribution in [0.5, 0.6) is 0 Å². The van der Waals surface area contributed by atoms with E-state index in [1.807, 2.05) is 33.9 Å². The number of carbonyl (C=O) groups excluding carboxylic acids is 1. The molecule has 8 heteroatoms. The highest BCUT2D eigenvalue weighted by Gasteiger charge is 2.31. The molecule has 1 amide bonds. The summed E-state index contributed by atoms with van der Waals surface area (Å²) in [6, 6.07) is 7.85. The summed E-state index contributed by atoms with van der Waals surface area (Å²) in [6.07, 6.45) is 1.93. The maximum atomic E-state index is 12.7. The van der Waals surface area contributed by atoms with Crippen molar-refractivity contribution in [2.24, 2.45) is 0 Å². The van der Waals surface area contributed by atoms with Gasteiger partial charge in [0.1, 0.15) is 6.54 Å². The van der Waals surface area contributed by atoms with Crippen molar-refractivity contribution in [3.8, 4) is 10.8 Å². The number of carbonyl (C=O) groups is 1. The molecule has 24 heavy (non-hydrogen) atoms. The highest BCUT2D eigenvalue weighted by Crippen LogP contribution is 2.34. The minimum atomic E-state index is -0.598. The lowest BCUT2D eigenvalue weighted by Gasteiger charge is -2.23. The average Bonchev–Trinajstić information content (AvgIpc) is 3.36. The molecule has 0 bridgehead atoms. The van der Waals surface area contributed by atoms with Gasteiger partial charge in [-0.15, -0.1) is 27.8 Å². The molecule has 3 aromatic rings. The molecule has 4 heterocycles. The predicted molar refractivity (Wildman–Crippen MR) is 92.1 cm³/mol. The van der Waals surface area contributed by atoms with Gasteiger partial charge in [-0.3, -0.25) is 4.79 Å². The highest BCUT2D eigenvalue weighted by atomic mass is 32.1. The molecule has 6 nitrogen and oxygen atoms in total. The lowest BCUT2D eigenvalue weighted by molar-refractivity contribution is -0.133. The number of rotatable bonds is 4. The summed E-state index contributed by atoms with van der Waals surface area (Å²) in [5, 5.41) is 8.06. The molecule has 1 aliphatic rings. The van der Waals surface area contributed by atoms with Crippen LogP contribution in [0, 0.1) is 0 Å². The van der Waals surface area contributed by atoms with Crippen LogP contribution < -0.4 is 5.76 Å². The molecule has 0 N–H and O–H groups in total. The van der Waals surface area contributed by atoms with Crippen LogP contribution in [0.2, 0.25) is 0 Å². The Bertz CT molecular complexity index is 880.